The third-order valence-electron chi connectivity index (χ3n) is 3.93. The quantitative estimate of drug-likeness (QED) is 0.612. The van der Waals surface area contributed by atoms with Gasteiger partial charge in [0.05, 0.1) is 5.92 Å². The third kappa shape index (κ3) is 5.91. The minimum Gasteiger partial charge on any atom is -0.481 e. The number of hydrogen-bond acceptors (Lipinski definition) is 3. The van der Waals surface area contributed by atoms with Gasteiger partial charge in [0.25, 0.3) is 0 Å². The lowest BCUT2D eigenvalue weighted by molar-refractivity contribution is -0.143. The van der Waals surface area contributed by atoms with Crippen LogP contribution in [0.25, 0.3) is 0 Å². The average Bonchev–Trinajstić information content (AvgIpc) is 2.51. The number of amides is 3. The molecule has 0 spiro atoms. The summed E-state index contributed by atoms with van der Waals surface area (Å²) in [6.45, 7) is 5.48. The predicted molar refractivity (Wildman–Crippen MR) is 82.4 cm³/mol. The van der Waals surface area contributed by atoms with Crippen LogP contribution in [0.15, 0.2) is 0 Å². The lowest BCUT2D eigenvalue weighted by atomic mass is 9.99. The van der Waals surface area contributed by atoms with Gasteiger partial charge in [-0.1, -0.05) is 20.3 Å². The minimum absolute atomic E-state index is 0.0000118. The first kappa shape index (κ1) is 18.3. The van der Waals surface area contributed by atoms with Gasteiger partial charge in [-0.15, -0.1) is 0 Å². The van der Waals surface area contributed by atoms with Gasteiger partial charge < -0.3 is 20.6 Å². The van der Waals surface area contributed by atoms with Crippen molar-refractivity contribution in [3.05, 3.63) is 0 Å². The molecule has 0 radical (unpaired) electrons. The van der Waals surface area contributed by atoms with Crippen molar-refractivity contribution in [1.29, 1.82) is 0 Å². The maximum Gasteiger partial charge on any atom is 0.317 e. The molecule has 7 heteroatoms. The molecule has 0 aromatic carbocycles. The summed E-state index contributed by atoms with van der Waals surface area (Å²) >= 11 is 0. The number of urea groups is 1. The number of aliphatic carboxylic acids is 1. The van der Waals surface area contributed by atoms with Crippen LogP contribution in [-0.4, -0.2) is 54.1 Å². The lowest BCUT2D eigenvalue weighted by Gasteiger charge is -2.30. The number of nitrogens with one attached hydrogen (secondary N) is 2. The van der Waals surface area contributed by atoms with E-state index in [0.717, 1.165) is 12.8 Å². The molecule has 0 bridgehead atoms. The highest BCUT2D eigenvalue weighted by Gasteiger charge is 2.27. The molecular formula is C15H27N3O4. The van der Waals surface area contributed by atoms with Crippen molar-refractivity contribution in [3.63, 3.8) is 0 Å². The Labute approximate surface area is 131 Å². The van der Waals surface area contributed by atoms with Crippen LogP contribution in [0.2, 0.25) is 0 Å². The van der Waals surface area contributed by atoms with E-state index >= 15 is 0 Å². The van der Waals surface area contributed by atoms with E-state index < -0.39 is 11.9 Å². The van der Waals surface area contributed by atoms with Crippen molar-refractivity contribution in [3.8, 4) is 0 Å². The summed E-state index contributed by atoms with van der Waals surface area (Å²) in [6, 6.07) is -0.262. The van der Waals surface area contributed by atoms with E-state index in [1.807, 2.05) is 13.8 Å². The molecule has 3 amide bonds. The van der Waals surface area contributed by atoms with Gasteiger partial charge in [0, 0.05) is 32.1 Å². The van der Waals surface area contributed by atoms with Crippen LogP contribution in [0.4, 0.5) is 4.79 Å². The molecule has 1 fully saturated rings. The zero-order valence-corrected chi connectivity index (χ0v) is 13.4. The van der Waals surface area contributed by atoms with E-state index in [1.165, 1.54) is 4.90 Å². The van der Waals surface area contributed by atoms with Gasteiger partial charge in [0.2, 0.25) is 5.91 Å². The van der Waals surface area contributed by atoms with Crippen molar-refractivity contribution < 1.29 is 19.5 Å². The topological polar surface area (TPSA) is 98.7 Å². The van der Waals surface area contributed by atoms with E-state index in [2.05, 4.69) is 10.6 Å². The van der Waals surface area contributed by atoms with Crippen LogP contribution in [0.1, 0.15) is 39.5 Å². The Bertz CT molecular complexity index is 400. The number of rotatable bonds is 7. The van der Waals surface area contributed by atoms with Crippen LogP contribution in [0.3, 0.4) is 0 Å². The molecule has 1 aliphatic rings. The second-order valence-corrected chi connectivity index (χ2v) is 5.84. The number of hydrogen-bond donors (Lipinski definition) is 3. The molecule has 2 atom stereocenters. The van der Waals surface area contributed by atoms with E-state index in [0.29, 0.717) is 32.5 Å². The van der Waals surface area contributed by atoms with Crippen LogP contribution in [0, 0.1) is 11.8 Å². The van der Waals surface area contributed by atoms with Gasteiger partial charge in [-0.3, -0.25) is 9.59 Å². The van der Waals surface area contributed by atoms with E-state index in [4.69, 9.17) is 5.11 Å². The molecule has 1 heterocycles. The molecule has 0 aromatic rings. The summed E-state index contributed by atoms with van der Waals surface area (Å²) in [7, 11) is 0. The van der Waals surface area contributed by atoms with Crippen molar-refractivity contribution in [2.75, 3.05) is 26.2 Å². The molecule has 0 saturated carbocycles. The van der Waals surface area contributed by atoms with E-state index in [9.17, 15) is 14.4 Å². The van der Waals surface area contributed by atoms with Crippen molar-refractivity contribution in [2.45, 2.75) is 39.5 Å². The summed E-state index contributed by atoms with van der Waals surface area (Å²) in [6.07, 6.45) is 3.13. The molecule has 0 aliphatic carbocycles. The predicted octanol–water partition coefficient (Wildman–Crippen LogP) is 1.05. The maximum atomic E-state index is 12.0. The van der Waals surface area contributed by atoms with E-state index in [1.54, 1.807) is 0 Å². The van der Waals surface area contributed by atoms with Crippen LogP contribution < -0.4 is 10.6 Å². The second kappa shape index (κ2) is 9.27. The number of carbonyl (C=O) groups is 3. The number of likely N-dealkylation sites (tertiary alicyclic amines) is 1. The lowest BCUT2D eigenvalue weighted by Crippen LogP contribution is -2.48. The molecule has 2 unspecified atom stereocenters. The van der Waals surface area contributed by atoms with Gasteiger partial charge in [-0.05, 0) is 19.3 Å². The molecular weight excluding hydrogens is 286 g/mol. The molecule has 126 valence electrons. The normalized spacial score (nSPS) is 19.4. The smallest absolute Gasteiger partial charge is 0.317 e. The van der Waals surface area contributed by atoms with Crippen molar-refractivity contribution in [2.24, 2.45) is 11.8 Å². The zero-order chi connectivity index (χ0) is 16.5. The van der Waals surface area contributed by atoms with Gasteiger partial charge in [0.1, 0.15) is 0 Å². The molecule has 0 aromatic heterocycles. The minimum atomic E-state index is -0.852. The highest BCUT2D eigenvalue weighted by molar-refractivity contribution is 5.78. The van der Waals surface area contributed by atoms with Crippen LogP contribution in [0.5, 0.6) is 0 Å². The number of carboxylic acids is 1. The number of nitrogens with zero attached hydrogens (tertiary/aromatic N) is 1. The van der Waals surface area contributed by atoms with Crippen LogP contribution >= 0.6 is 0 Å². The fourth-order valence-electron chi connectivity index (χ4n) is 2.57. The fourth-order valence-corrected chi connectivity index (χ4v) is 2.57. The summed E-state index contributed by atoms with van der Waals surface area (Å²) in [5, 5.41) is 14.5. The molecule has 1 saturated heterocycles. The summed E-state index contributed by atoms with van der Waals surface area (Å²) < 4.78 is 0. The summed E-state index contributed by atoms with van der Waals surface area (Å²) in [4.78, 5) is 36.2. The zero-order valence-electron chi connectivity index (χ0n) is 13.4. The Balaban J connectivity index is 2.23. The number of piperidine rings is 1. The summed E-state index contributed by atoms with van der Waals surface area (Å²) in [5.41, 5.74) is 0. The highest BCUT2D eigenvalue weighted by Crippen LogP contribution is 2.16. The van der Waals surface area contributed by atoms with Crippen molar-refractivity contribution in [1.82, 2.24) is 15.5 Å². The van der Waals surface area contributed by atoms with Gasteiger partial charge in [-0.25, -0.2) is 4.79 Å². The highest BCUT2D eigenvalue weighted by atomic mass is 16.4. The standard InChI is InChI=1S/C15H27N3O4/c1-3-5-11(2)13(19)16-7-8-17-15(22)18-9-4-6-12(10-18)14(20)21/h11-12H,3-10H2,1-2H3,(H,16,19)(H,17,22)(H,20,21). The Morgan fingerprint density at radius 2 is 1.95 bits per heavy atom. The monoisotopic (exact) mass is 313 g/mol. The van der Waals surface area contributed by atoms with Crippen LogP contribution in [-0.2, 0) is 9.59 Å². The molecule has 7 nitrogen and oxygen atoms in total. The number of carboxylic acid groups (broad SMARTS) is 1. The summed E-state index contributed by atoms with van der Waals surface area (Å²) in [5.74, 6) is -1.34. The van der Waals surface area contributed by atoms with Gasteiger partial charge in [-0.2, -0.15) is 0 Å². The first-order chi connectivity index (χ1) is 10.5. The Morgan fingerprint density at radius 3 is 2.59 bits per heavy atom. The first-order valence-corrected chi connectivity index (χ1v) is 7.99. The molecule has 3 N–H and O–H groups in total. The van der Waals surface area contributed by atoms with Crippen molar-refractivity contribution >= 4 is 17.9 Å². The fraction of sp³-hybridized carbons (Fsp3) is 0.800. The Morgan fingerprint density at radius 1 is 1.27 bits per heavy atom. The molecule has 1 rings (SSSR count). The molecule has 1 aliphatic heterocycles. The first-order valence-electron chi connectivity index (χ1n) is 7.99. The average molecular weight is 313 g/mol. The SMILES string of the molecule is CCCC(C)C(=O)NCCNC(=O)N1CCCC(C(=O)O)C1. The maximum absolute atomic E-state index is 12.0. The number of carbonyl (C=O) groups excluding carboxylic acids is 2. The van der Waals surface area contributed by atoms with Gasteiger partial charge >= 0.3 is 12.0 Å². The Kier molecular flexibility index (Phi) is 7.70. The third-order valence-corrected chi connectivity index (χ3v) is 3.93. The largest absolute Gasteiger partial charge is 0.481 e. The van der Waals surface area contributed by atoms with E-state index in [-0.39, 0.29) is 24.4 Å². The Hall–Kier alpha value is -1.79. The van der Waals surface area contributed by atoms with Gasteiger partial charge in [0.15, 0.2) is 0 Å². The molecule has 22 heavy (non-hydrogen) atoms. The second-order valence-electron chi connectivity index (χ2n) is 5.84.